The van der Waals surface area contributed by atoms with Crippen molar-refractivity contribution in [3.05, 3.63) is 31.8 Å². The normalized spacial score (nSPS) is 19.2. The van der Waals surface area contributed by atoms with Crippen molar-refractivity contribution in [2.45, 2.75) is 19.3 Å². The molecule has 2 heterocycles. The van der Waals surface area contributed by atoms with Crippen LogP contribution in [-0.4, -0.2) is 17.4 Å². The van der Waals surface area contributed by atoms with E-state index in [2.05, 4.69) is 26.2 Å². The van der Waals surface area contributed by atoms with E-state index in [0.29, 0.717) is 16.6 Å². The third-order valence-corrected chi connectivity index (χ3v) is 4.96. The van der Waals surface area contributed by atoms with Gasteiger partial charge in [0.15, 0.2) is 0 Å². The first kappa shape index (κ1) is 13.3. The number of carbonyl (C=O) groups is 1. The number of amides is 1. The molecule has 0 saturated carbocycles. The summed E-state index contributed by atoms with van der Waals surface area (Å²) in [5.41, 5.74) is 2.86. The zero-order valence-corrected chi connectivity index (χ0v) is 13.2. The molecule has 3 rings (SSSR count). The number of nitrogens with one attached hydrogen (secondary N) is 2. The van der Waals surface area contributed by atoms with E-state index < -0.39 is 0 Å². The lowest BCUT2D eigenvalue weighted by Crippen LogP contribution is -2.26. The van der Waals surface area contributed by atoms with Crippen LogP contribution in [0.3, 0.4) is 0 Å². The van der Waals surface area contributed by atoms with Crippen molar-refractivity contribution in [3.8, 4) is 0 Å². The predicted octanol–water partition coefficient (Wildman–Crippen LogP) is 4.01. The van der Waals surface area contributed by atoms with Gasteiger partial charge in [-0.1, -0.05) is 39.1 Å². The Balaban J connectivity index is 2.40. The fraction of sp³-hybridized carbons (Fsp3) is 0.308. The number of halogens is 3. The number of carbonyl (C=O) groups excluding carboxylic acids is 1. The van der Waals surface area contributed by atoms with Crippen LogP contribution in [0.2, 0.25) is 10.0 Å². The van der Waals surface area contributed by atoms with Crippen LogP contribution in [0.1, 0.15) is 24.1 Å². The van der Waals surface area contributed by atoms with E-state index in [4.69, 9.17) is 23.2 Å². The second kappa shape index (κ2) is 4.69. The number of rotatable bonds is 0. The molecule has 6 heteroatoms. The number of hydrogen-bond donors (Lipinski definition) is 2. The van der Waals surface area contributed by atoms with Gasteiger partial charge in [0.2, 0.25) is 5.91 Å². The molecule has 1 aromatic carbocycles. The number of aromatic amines is 1. The van der Waals surface area contributed by atoms with Gasteiger partial charge in [0.1, 0.15) is 0 Å². The van der Waals surface area contributed by atoms with E-state index in [9.17, 15) is 4.79 Å². The lowest BCUT2D eigenvalue weighted by atomic mass is 9.97. The molecule has 1 atom stereocenters. The number of H-pyrrole nitrogens is 1. The SMILES string of the molecule is CC1C(=O)NCCc2[nH]c3c(Cl)c(Cl)cc(Br)c3c21. The van der Waals surface area contributed by atoms with Gasteiger partial charge in [-0.05, 0) is 18.6 Å². The molecule has 1 aliphatic rings. The van der Waals surface area contributed by atoms with Crippen molar-refractivity contribution in [2.24, 2.45) is 0 Å². The van der Waals surface area contributed by atoms with Crippen LogP contribution in [-0.2, 0) is 11.2 Å². The van der Waals surface area contributed by atoms with Crippen LogP contribution in [0.4, 0.5) is 0 Å². The Kier molecular flexibility index (Phi) is 3.28. The molecule has 2 N–H and O–H groups in total. The molecule has 3 nitrogen and oxygen atoms in total. The molecule has 1 amide bonds. The summed E-state index contributed by atoms with van der Waals surface area (Å²) in [6.07, 6.45) is 0.764. The van der Waals surface area contributed by atoms with Crippen LogP contribution in [0.25, 0.3) is 10.9 Å². The zero-order valence-electron chi connectivity index (χ0n) is 10.1. The minimum Gasteiger partial charge on any atom is -0.357 e. The number of hydrogen-bond acceptors (Lipinski definition) is 1. The van der Waals surface area contributed by atoms with E-state index in [-0.39, 0.29) is 11.8 Å². The van der Waals surface area contributed by atoms with Crippen molar-refractivity contribution >= 4 is 55.9 Å². The Hall–Kier alpha value is -0.710. The molecule has 1 unspecified atom stereocenters. The minimum atomic E-state index is -0.209. The maximum atomic E-state index is 12.0. The van der Waals surface area contributed by atoms with Gasteiger partial charge in [0, 0.05) is 28.5 Å². The fourth-order valence-corrected chi connectivity index (χ4v) is 3.79. The van der Waals surface area contributed by atoms with Gasteiger partial charge < -0.3 is 10.3 Å². The Morgan fingerprint density at radius 1 is 1.42 bits per heavy atom. The lowest BCUT2D eigenvalue weighted by molar-refractivity contribution is -0.121. The van der Waals surface area contributed by atoms with Gasteiger partial charge in [-0.25, -0.2) is 0 Å². The average molecular weight is 362 g/mol. The molecule has 2 aromatic rings. The molecule has 1 aliphatic heterocycles. The molecule has 0 saturated heterocycles. The molecular weight excluding hydrogens is 351 g/mol. The summed E-state index contributed by atoms with van der Waals surface area (Å²) in [6.45, 7) is 2.54. The molecule has 0 radical (unpaired) electrons. The van der Waals surface area contributed by atoms with Gasteiger partial charge in [-0.3, -0.25) is 4.79 Å². The Bertz CT molecular complexity index is 696. The van der Waals surface area contributed by atoms with Crippen molar-refractivity contribution in [1.82, 2.24) is 10.3 Å². The smallest absolute Gasteiger partial charge is 0.227 e. The highest BCUT2D eigenvalue weighted by atomic mass is 79.9. The topological polar surface area (TPSA) is 44.9 Å². The minimum absolute atomic E-state index is 0.0395. The standard InChI is InChI=1S/C13H11BrCl2N2O/c1-5-9-8(2-3-17-13(5)19)18-12-10(9)6(14)4-7(15)11(12)16/h4-5,18H,2-3H2,1H3,(H,17,19). The summed E-state index contributed by atoms with van der Waals surface area (Å²) in [5.74, 6) is -0.169. The first-order valence-electron chi connectivity index (χ1n) is 5.96. The van der Waals surface area contributed by atoms with E-state index >= 15 is 0 Å². The number of benzene rings is 1. The van der Waals surface area contributed by atoms with E-state index in [1.165, 1.54) is 0 Å². The first-order valence-corrected chi connectivity index (χ1v) is 7.51. The molecule has 0 spiro atoms. The second-order valence-corrected chi connectivity index (χ2v) is 6.32. The summed E-state index contributed by atoms with van der Waals surface area (Å²) in [7, 11) is 0. The lowest BCUT2D eigenvalue weighted by Gasteiger charge is -2.10. The first-order chi connectivity index (χ1) is 9.00. The summed E-state index contributed by atoms with van der Waals surface area (Å²) in [4.78, 5) is 15.3. The largest absolute Gasteiger partial charge is 0.357 e. The molecule has 0 fully saturated rings. The van der Waals surface area contributed by atoms with Crippen molar-refractivity contribution < 1.29 is 4.79 Å². The van der Waals surface area contributed by atoms with Gasteiger partial charge in [-0.15, -0.1) is 0 Å². The third-order valence-electron chi connectivity index (χ3n) is 3.54. The molecular formula is C13H11BrCl2N2O. The van der Waals surface area contributed by atoms with Crippen molar-refractivity contribution in [3.63, 3.8) is 0 Å². The van der Waals surface area contributed by atoms with E-state index in [1.807, 2.05) is 6.92 Å². The summed E-state index contributed by atoms with van der Waals surface area (Å²) in [5, 5.41) is 4.85. The van der Waals surface area contributed by atoms with Crippen LogP contribution < -0.4 is 5.32 Å². The predicted molar refractivity (Wildman–Crippen MR) is 81.1 cm³/mol. The van der Waals surface area contributed by atoms with Crippen LogP contribution in [0.15, 0.2) is 10.5 Å². The van der Waals surface area contributed by atoms with Crippen molar-refractivity contribution in [2.75, 3.05) is 6.54 Å². The van der Waals surface area contributed by atoms with Gasteiger partial charge in [0.05, 0.1) is 21.5 Å². The van der Waals surface area contributed by atoms with Crippen LogP contribution in [0.5, 0.6) is 0 Å². The monoisotopic (exact) mass is 360 g/mol. The maximum absolute atomic E-state index is 12.0. The molecule has 19 heavy (non-hydrogen) atoms. The van der Waals surface area contributed by atoms with Gasteiger partial charge in [0.25, 0.3) is 0 Å². The Labute approximate surface area is 128 Å². The van der Waals surface area contributed by atoms with Gasteiger partial charge >= 0.3 is 0 Å². The quantitative estimate of drug-likeness (QED) is 0.684. The zero-order chi connectivity index (χ0) is 13.7. The van der Waals surface area contributed by atoms with Crippen LogP contribution in [0, 0.1) is 0 Å². The van der Waals surface area contributed by atoms with Crippen molar-refractivity contribution in [1.29, 1.82) is 0 Å². The number of fused-ring (bicyclic) bond motifs is 3. The third kappa shape index (κ3) is 1.97. The van der Waals surface area contributed by atoms with E-state index in [0.717, 1.165) is 33.1 Å². The fourth-order valence-electron chi connectivity index (χ4n) is 2.62. The maximum Gasteiger partial charge on any atom is 0.227 e. The summed E-state index contributed by atoms with van der Waals surface area (Å²) in [6, 6.07) is 1.77. The highest BCUT2D eigenvalue weighted by Gasteiger charge is 2.28. The van der Waals surface area contributed by atoms with Crippen LogP contribution >= 0.6 is 39.1 Å². The molecule has 1 aromatic heterocycles. The summed E-state index contributed by atoms with van der Waals surface area (Å²) < 4.78 is 0.857. The highest BCUT2D eigenvalue weighted by molar-refractivity contribution is 9.10. The molecule has 0 aliphatic carbocycles. The Morgan fingerprint density at radius 2 is 2.16 bits per heavy atom. The Morgan fingerprint density at radius 3 is 2.89 bits per heavy atom. The average Bonchev–Trinajstić information content (AvgIpc) is 2.69. The second-order valence-electron chi connectivity index (χ2n) is 4.68. The van der Waals surface area contributed by atoms with Gasteiger partial charge in [-0.2, -0.15) is 0 Å². The number of aromatic nitrogens is 1. The highest BCUT2D eigenvalue weighted by Crippen LogP contribution is 2.41. The molecule has 0 bridgehead atoms. The molecule has 100 valence electrons. The van der Waals surface area contributed by atoms with E-state index in [1.54, 1.807) is 6.07 Å². The summed E-state index contributed by atoms with van der Waals surface area (Å²) >= 11 is 15.9.